The highest BCUT2D eigenvalue weighted by atomic mass is 19.1. The van der Waals surface area contributed by atoms with Gasteiger partial charge in [0.25, 0.3) is 0 Å². The van der Waals surface area contributed by atoms with E-state index in [1.165, 1.54) is 12.1 Å². The predicted molar refractivity (Wildman–Crippen MR) is 82.5 cm³/mol. The lowest BCUT2D eigenvalue weighted by Crippen LogP contribution is -2.83. The molecule has 0 saturated carbocycles. The number of aliphatic hydroxyl groups excluding tert-OH is 1. The lowest BCUT2D eigenvalue weighted by molar-refractivity contribution is -0.603. The molecule has 0 fully saturated rings. The molecule has 21 heavy (non-hydrogen) atoms. The van der Waals surface area contributed by atoms with Gasteiger partial charge in [0.1, 0.15) is 11.5 Å². The highest BCUT2D eigenvalue weighted by molar-refractivity contribution is 6.08. The molecule has 0 bridgehead atoms. The van der Waals surface area contributed by atoms with Gasteiger partial charge in [0.15, 0.2) is 0 Å². The van der Waals surface area contributed by atoms with E-state index in [-0.39, 0.29) is 18.1 Å². The zero-order valence-corrected chi connectivity index (χ0v) is 12.2. The molecule has 2 aromatic carbocycles. The molecule has 4 heteroatoms. The number of aliphatic hydroxyl groups is 1. The number of benzene rings is 2. The SMILES string of the molecule is CC(C)[NH2+]c1cccc(-c2ccc(F)cc2)c1C(=N)CO. The zero-order chi connectivity index (χ0) is 15.4. The van der Waals surface area contributed by atoms with Gasteiger partial charge in [-0.05, 0) is 43.2 Å². The third-order valence-corrected chi connectivity index (χ3v) is 3.22. The van der Waals surface area contributed by atoms with Gasteiger partial charge in [0, 0.05) is 0 Å². The van der Waals surface area contributed by atoms with E-state index in [0.29, 0.717) is 11.6 Å². The van der Waals surface area contributed by atoms with Crippen LogP contribution in [-0.2, 0) is 0 Å². The second-order valence-electron chi connectivity index (χ2n) is 5.32. The molecule has 0 saturated heterocycles. The van der Waals surface area contributed by atoms with Crippen molar-refractivity contribution in [2.45, 2.75) is 19.9 Å². The molecule has 0 aliphatic rings. The Bertz CT molecular complexity index is 636. The first-order valence-electron chi connectivity index (χ1n) is 6.95. The van der Waals surface area contributed by atoms with Crippen molar-refractivity contribution in [3.8, 4) is 11.1 Å². The van der Waals surface area contributed by atoms with Crippen LogP contribution in [-0.4, -0.2) is 23.5 Å². The average molecular weight is 287 g/mol. The van der Waals surface area contributed by atoms with Crippen molar-refractivity contribution < 1.29 is 14.8 Å². The van der Waals surface area contributed by atoms with Gasteiger partial charge in [-0.1, -0.05) is 24.3 Å². The van der Waals surface area contributed by atoms with Crippen LogP contribution in [0.3, 0.4) is 0 Å². The third kappa shape index (κ3) is 3.54. The summed E-state index contributed by atoms with van der Waals surface area (Å²) in [5.41, 5.74) is 3.47. The second-order valence-corrected chi connectivity index (χ2v) is 5.32. The maximum absolute atomic E-state index is 13.1. The Balaban J connectivity index is 2.59. The normalized spacial score (nSPS) is 10.9. The van der Waals surface area contributed by atoms with Gasteiger partial charge in [-0.2, -0.15) is 0 Å². The number of hydrogen-bond donors (Lipinski definition) is 3. The summed E-state index contributed by atoms with van der Waals surface area (Å²) >= 11 is 0. The summed E-state index contributed by atoms with van der Waals surface area (Å²) in [4.78, 5) is 0. The lowest BCUT2D eigenvalue weighted by atomic mass is 9.95. The van der Waals surface area contributed by atoms with Crippen LogP contribution < -0.4 is 5.32 Å². The van der Waals surface area contributed by atoms with Crippen LogP contribution in [0.25, 0.3) is 11.1 Å². The number of rotatable bonds is 5. The molecule has 0 atom stereocenters. The summed E-state index contributed by atoms with van der Waals surface area (Å²) in [6, 6.07) is 12.3. The largest absolute Gasteiger partial charge is 0.390 e. The van der Waals surface area contributed by atoms with Gasteiger partial charge in [-0.3, -0.25) is 0 Å². The maximum atomic E-state index is 13.1. The molecule has 0 aliphatic carbocycles. The van der Waals surface area contributed by atoms with Crippen LogP contribution in [0.4, 0.5) is 10.1 Å². The van der Waals surface area contributed by atoms with Crippen molar-refractivity contribution in [3.05, 3.63) is 53.8 Å². The molecule has 0 amide bonds. The van der Waals surface area contributed by atoms with E-state index in [2.05, 4.69) is 19.2 Å². The Morgan fingerprint density at radius 2 is 1.86 bits per heavy atom. The molecule has 0 radical (unpaired) electrons. The summed E-state index contributed by atoms with van der Waals surface area (Å²) < 4.78 is 13.1. The minimum absolute atomic E-state index is 0.168. The predicted octanol–water partition coefficient (Wildman–Crippen LogP) is 2.46. The highest BCUT2D eigenvalue weighted by Crippen LogP contribution is 2.28. The van der Waals surface area contributed by atoms with Crippen LogP contribution in [0.2, 0.25) is 0 Å². The number of hydrogen-bond acceptors (Lipinski definition) is 2. The first-order chi connectivity index (χ1) is 10.0. The average Bonchev–Trinajstić information content (AvgIpc) is 2.46. The van der Waals surface area contributed by atoms with Crippen molar-refractivity contribution in [2.24, 2.45) is 0 Å². The topological polar surface area (TPSA) is 60.7 Å². The Labute approximate surface area is 124 Å². The van der Waals surface area contributed by atoms with Gasteiger partial charge in [-0.25, -0.2) is 4.39 Å². The zero-order valence-electron chi connectivity index (χ0n) is 12.2. The number of nitrogens with two attached hydrogens (primary N) is 1. The fraction of sp³-hybridized carbons (Fsp3) is 0.235. The molecule has 0 heterocycles. The fourth-order valence-corrected chi connectivity index (χ4v) is 2.35. The lowest BCUT2D eigenvalue weighted by Gasteiger charge is -2.14. The van der Waals surface area contributed by atoms with Crippen molar-refractivity contribution in [1.82, 2.24) is 0 Å². The summed E-state index contributed by atoms with van der Waals surface area (Å²) in [6.45, 7) is 3.81. The van der Waals surface area contributed by atoms with Crippen LogP contribution in [0, 0.1) is 11.2 Å². The van der Waals surface area contributed by atoms with Crippen LogP contribution in [0.1, 0.15) is 19.4 Å². The number of quaternary nitrogens is 1. The molecule has 3 nitrogen and oxygen atoms in total. The summed E-state index contributed by atoms with van der Waals surface area (Å²) in [5.74, 6) is -0.289. The highest BCUT2D eigenvalue weighted by Gasteiger charge is 2.17. The van der Waals surface area contributed by atoms with Gasteiger partial charge in [0.05, 0.1) is 23.9 Å². The molecule has 0 aliphatic heterocycles. The van der Waals surface area contributed by atoms with Crippen LogP contribution in [0.15, 0.2) is 42.5 Å². The first-order valence-corrected chi connectivity index (χ1v) is 6.95. The Morgan fingerprint density at radius 1 is 1.19 bits per heavy atom. The molecule has 4 N–H and O–H groups in total. The third-order valence-electron chi connectivity index (χ3n) is 3.22. The summed E-state index contributed by atoms with van der Waals surface area (Å²) in [6.07, 6.45) is 0. The fourth-order valence-electron chi connectivity index (χ4n) is 2.35. The first kappa shape index (κ1) is 15.4. The molecule has 0 unspecified atom stereocenters. The smallest absolute Gasteiger partial charge is 0.139 e. The van der Waals surface area contributed by atoms with E-state index in [0.717, 1.165) is 16.8 Å². The van der Waals surface area contributed by atoms with Crippen molar-refractivity contribution >= 4 is 11.4 Å². The van der Waals surface area contributed by atoms with Gasteiger partial charge in [-0.15, -0.1) is 0 Å². The molecule has 0 aromatic heterocycles. The van der Waals surface area contributed by atoms with E-state index in [1.807, 2.05) is 18.2 Å². The summed E-state index contributed by atoms with van der Waals surface area (Å²) in [5, 5.41) is 19.5. The summed E-state index contributed by atoms with van der Waals surface area (Å²) in [7, 11) is 0. The molecular weight excluding hydrogens is 267 g/mol. The quantitative estimate of drug-likeness (QED) is 0.574. The van der Waals surface area contributed by atoms with E-state index >= 15 is 0 Å². The number of halogens is 1. The van der Waals surface area contributed by atoms with Crippen molar-refractivity contribution in [3.63, 3.8) is 0 Å². The Hall–Kier alpha value is -2.04. The van der Waals surface area contributed by atoms with Crippen molar-refractivity contribution in [1.29, 1.82) is 5.41 Å². The van der Waals surface area contributed by atoms with E-state index in [9.17, 15) is 9.50 Å². The Kier molecular flexibility index (Phi) is 4.83. The number of nitrogens with one attached hydrogen (secondary N) is 1. The van der Waals surface area contributed by atoms with Gasteiger partial charge in [0.2, 0.25) is 0 Å². The molecule has 0 spiro atoms. The minimum atomic E-state index is -0.322. The second kappa shape index (κ2) is 6.61. The van der Waals surface area contributed by atoms with Gasteiger partial charge >= 0.3 is 0 Å². The minimum Gasteiger partial charge on any atom is -0.390 e. The Morgan fingerprint density at radius 3 is 2.43 bits per heavy atom. The molecule has 2 rings (SSSR count). The van der Waals surface area contributed by atoms with Crippen LogP contribution in [0.5, 0.6) is 0 Å². The van der Waals surface area contributed by atoms with E-state index < -0.39 is 0 Å². The van der Waals surface area contributed by atoms with Crippen molar-refractivity contribution in [2.75, 3.05) is 6.61 Å². The maximum Gasteiger partial charge on any atom is 0.139 e. The molecule has 2 aromatic rings. The van der Waals surface area contributed by atoms with Gasteiger partial charge < -0.3 is 15.8 Å². The van der Waals surface area contributed by atoms with Crippen LogP contribution >= 0.6 is 0 Å². The molecule has 110 valence electrons. The standard InChI is InChI=1S/C17H19FN2O/c1-11(2)20-16-5-3-4-14(17(16)15(19)10-21)12-6-8-13(18)9-7-12/h3-9,11,19-21H,10H2,1-2H3/p+1. The monoisotopic (exact) mass is 287 g/mol. The molecular formula is C17H20FN2O+. The van der Waals surface area contributed by atoms with E-state index in [4.69, 9.17) is 5.41 Å². The van der Waals surface area contributed by atoms with E-state index in [1.54, 1.807) is 12.1 Å².